The number of carbonyl (C=O) groups excluding carboxylic acids is 3. The lowest BCUT2D eigenvalue weighted by atomic mass is 9.85. The van der Waals surface area contributed by atoms with Gasteiger partial charge in [0, 0.05) is 23.1 Å². The van der Waals surface area contributed by atoms with Gasteiger partial charge in [-0.25, -0.2) is 0 Å². The molecule has 1 aromatic rings. The molecule has 162 valence electrons. The largest absolute Gasteiger partial charge is 0.483 e. The number of hydrazone groups is 1. The first-order valence-corrected chi connectivity index (χ1v) is 11.2. The second-order valence-electron chi connectivity index (χ2n) is 8.20. The number of allylic oxidation sites excluding steroid dienone is 2. The van der Waals surface area contributed by atoms with E-state index in [0.29, 0.717) is 37.6 Å². The quantitative estimate of drug-likeness (QED) is 0.359. The molecule has 2 heterocycles. The van der Waals surface area contributed by atoms with Gasteiger partial charge in [-0.1, -0.05) is 28.1 Å². The Morgan fingerprint density at radius 2 is 1.84 bits per heavy atom. The predicted molar refractivity (Wildman–Crippen MR) is 114 cm³/mol. The van der Waals surface area contributed by atoms with Crippen LogP contribution in [0, 0.1) is 23.7 Å². The third-order valence-corrected chi connectivity index (χ3v) is 6.94. The minimum absolute atomic E-state index is 0.108. The highest BCUT2D eigenvalue weighted by molar-refractivity contribution is 9.10. The molecule has 8 nitrogen and oxygen atoms in total. The van der Waals surface area contributed by atoms with Gasteiger partial charge in [0.2, 0.25) is 0 Å². The van der Waals surface area contributed by atoms with E-state index in [1.807, 2.05) is 0 Å². The van der Waals surface area contributed by atoms with Gasteiger partial charge in [0.05, 0.1) is 31.3 Å². The van der Waals surface area contributed by atoms with Gasteiger partial charge >= 0.3 is 0 Å². The minimum atomic E-state index is -0.288. The van der Waals surface area contributed by atoms with Crippen molar-refractivity contribution in [2.24, 2.45) is 28.8 Å². The number of carbonyl (C=O) groups is 3. The van der Waals surface area contributed by atoms with Crippen LogP contribution >= 0.6 is 15.9 Å². The molecule has 0 spiro atoms. The topological polar surface area (TPSA) is 88.5 Å². The van der Waals surface area contributed by atoms with Crippen molar-refractivity contribution in [1.29, 1.82) is 0 Å². The molecule has 2 aliphatic heterocycles. The van der Waals surface area contributed by atoms with Gasteiger partial charge in [-0.2, -0.15) is 10.1 Å². The molecule has 2 bridgehead atoms. The second kappa shape index (κ2) is 8.20. The van der Waals surface area contributed by atoms with Crippen LogP contribution in [-0.4, -0.2) is 66.8 Å². The molecule has 31 heavy (non-hydrogen) atoms. The summed E-state index contributed by atoms with van der Waals surface area (Å²) in [5.41, 5.74) is 0.572. The van der Waals surface area contributed by atoms with Crippen molar-refractivity contribution in [3.63, 3.8) is 0 Å². The average molecular weight is 488 g/mol. The van der Waals surface area contributed by atoms with E-state index in [1.165, 1.54) is 6.21 Å². The molecule has 5 rings (SSSR count). The standard InChI is InChI=1S/C22H22BrN3O5/c23-16-3-4-17(31-12-18(27)25-5-7-30-8-6-25)15(10-16)11-24-26-21(28)19-13-1-2-14(9-13)20(19)22(26)29/h1-4,10-11,13-14,19-20H,5-9,12H2/t13-,14-,19-,20+/m0/s1. The third kappa shape index (κ3) is 3.70. The van der Waals surface area contributed by atoms with E-state index >= 15 is 0 Å². The molecular weight excluding hydrogens is 466 g/mol. The van der Waals surface area contributed by atoms with E-state index in [9.17, 15) is 14.4 Å². The number of hydrogen-bond acceptors (Lipinski definition) is 6. The highest BCUT2D eigenvalue weighted by Gasteiger charge is 2.59. The van der Waals surface area contributed by atoms with Crippen molar-refractivity contribution in [2.45, 2.75) is 6.42 Å². The van der Waals surface area contributed by atoms with Crippen LogP contribution in [0.4, 0.5) is 0 Å². The summed E-state index contributed by atoms with van der Waals surface area (Å²) in [7, 11) is 0. The van der Waals surface area contributed by atoms with Crippen molar-refractivity contribution in [3.05, 3.63) is 40.4 Å². The van der Waals surface area contributed by atoms with Gasteiger partial charge in [-0.15, -0.1) is 0 Å². The summed E-state index contributed by atoms with van der Waals surface area (Å²) >= 11 is 3.42. The lowest BCUT2D eigenvalue weighted by Gasteiger charge is -2.26. The highest BCUT2D eigenvalue weighted by Crippen LogP contribution is 2.52. The molecule has 3 fully saturated rings. The fourth-order valence-corrected chi connectivity index (χ4v) is 5.29. The fourth-order valence-electron chi connectivity index (χ4n) is 4.92. The summed E-state index contributed by atoms with van der Waals surface area (Å²) in [4.78, 5) is 39.7. The molecule has 0 aromatic heterocycles. The van der Waals surface area contributed by atoms with E-state index in [4.69, 9.17) is 9.47 Å². The first-order valence-electron chi connectivity index (χ1n) is 10.4. The van der Waals surface area contributed by atoms with Crippen LogP contribution < -0.4 is 4.74 Å². The summed E-state index contributed by atoms with van der Waals surface area (Å²) in [6, 6.07) is 5.30. The number of fused-ring (bicyclic) bond motifs is 5. The number of nitrogens with zero attached hydrogens (tertiary/aromatic N) is 3. The summed E-state index contributed by atoms with van der Waals surface area (Å²) in [6.45, 7) is 2.05. The Labute approximate surface area is 188 Å². The number of imide groups is 1. The van der Waals surface area contributed by atoms with Crippen LogP contribution in [0.3, 0.4) is 0 Å². The van der Waals surface area contributed by atoms with Crippen molar-refractivity contribution >= 4 is 39.9 Å². The van der Waals surface area contributed by atoms with E-state index < -0.39 is 0 Å². The van der Waals surface area contributed by atoms with Crippen molar-refractivity contribution in [1.82, 2.24) is 9.91 Å². The van der Waals surface area contributed by atoms with Gasteiger partial charge in [0.1, 0.15) is 5.75 Å². The van der Waals surface area contributed by atoms with Crippen molar-refractivity contribution in [2.75, 3.05) is 32.9 Å². The number of amides is 3. The molecule has 9 heteroatoms. The van der Waals surface area contributed by atoms with Gasteiger partial charge in [-0.3, -0.25) is 14.4 Å². The highest BCUT2D eigenvalue weighted by atomic mass is 79.9. The zero-order chi connectivity index (χ0) is 21.5. The molecule has 4 atom stereocenters. The average Bonchev–Trinajstić information content (AvgIpc) is 3.46. The number of rotatable bonds is 5. The number of hydrogen-bond donors (Lipinski definition) is 0. The monoisotopic (exact) mass is 487 g/mol. The van der Waals surface area contributed by atoms with Crippen LogP contribution in [0.15, 0.2) is 39.9 Å². The number of benzene rings is 1. The number of ether oxygens (including phenoxy) is 2. The molecule has 1 aromatic carbocycles. The molecule has 3 amide bonds. The van der Waals surface area contributed by atoms with E-state index in [1.54, 1.807) is 23.1 Å². The van der Waals surface area contributed by atoms with Gasteiger partial charge in [0.15, 0.2) is 6.61 Å². The molecule has 0 unspecified atom stereocenters. The van der Waals surface area contributed by atoms with E-state index in [-0.39, 0.29) is 48.0 Å². The zero-order valence-corrected chi connectivity index (χ0v) is 18.4. The van der Waals surface area contributed by atoms with Crippen molar-refractivity contribution in [3.8, 4) is 5.75 Å². The van der Waals surface area contributed by atoms with Gasteiger partial charge < -0.3 is 14.4 Å². The normalized spacial score (nSPS) is 29.3. The van der Waals surface area contributed by atoms with Gasteiger partial charge in [-0.05, 0) is 36.5 Å². The van der Waals surface area contributed by atoms with Crippen LogP contribution in [-0.2, 0) is 19.1 Å². The molecule has 0 radical (unpaired) electrons. The lowest BCUT2D eigenvalue weighted by molar-refractivity contribution is -0.140. The summed E-state index contributed by atoms with van der Waals surface area (Å²) in [5, 5.41) is 5.23. The van der Waals surface area contributed by atoms with Gasteiger partial charge in [0.25, 0.3) is 17.7 Å². The number of halogens is 1. The Bertz CT molecular complexity index is 957. The maximum absolute atomic E-state index is 12.8. The maximum Gasteiger partial charge on any atom is 0.260 e. The summed E-state index contributed by atoms with van der Waals surface area (Å²) in [5.74, 6) is -0.422. The molecule has 0 N–H and O–H groups in total. The Morgan fingerprint density at radius 3 is 2.52 bits per heavy atom. The Hall–Kier alpha value is -2.52. The van der Waals surface area contributed by atoms with Crippen LogP contribution in [0.1, 0.15) is 12.0 Å². The smallest absolute Gasteiger partial charge is 0.260 e. The molecule has 1 saturated carbocycles. The third-order valence-electron chi connectivity index (χ3n) is 6.45. The summed E-state index contributed by atoms with van der Waals surface area (Å²) in [6.07, 6.45) is 6.43. The Morgan fingerprint density at radius 1 is 1.16 bits per heavy atom. The predicted octanol–water partition coefficient (Wildman–Crippen LogP) is 1.83. The van der Waals surface area contributed by atoms with Crippen LogP contribution in [0.25, 0.3) is 0 Å². The second-order valence-corrected chi connectivity index (χ2v) is 9.11. The zero-order valence-electron chi connectivity index (χ0n) is 16.8. The maximum atomic E-state index is 12.8. The first-order chi connectivity index (χ1) is 15.0. The SMILES string of the molecule is O=C(COc1ccc(Br)cc1C=NN1C(=O)[C@@H]2[C@H](C1=O)[C@H]1C=C[C@H]2C1)N1CCOCC1. The lowest BCUT2D eigenvalue weighted by Crippen LogP contribution is -2.43. The van der Waals surface area contributed by atoms with Crippen LogP contribution in [0.5, 0.6) is 5.75 Å². The summed E-state index contributed by atoms with van der Waals surface area (Å²) < 4.78 is 11.8. The first kappa shape index (κ1) is 20.4. The molecule has 2 saturated heterocycles. The molecule has 4 aliphatic rings. The van der Waals surface area contributed by atoms with E-state index in [2.05, 4.69) is 33.2 Å². The Balaban J connectivity index is 1.30. The van der Waals surface area contributed by atoms with Crippen LogP contribution in [0.2, 0.25) is 0 Å². The molecule has 2 aliphatic carbocycles. The minimum Gasteiger partial charge on any atom is -0.483 e. The fraction of sp³-hybridized carbons (Fsp3) is 0.455. The van der Waals surface area contributed by atoms with E-state index in [0.717, 1.165) is 15.9 Å². The Kier molecular flexibility index (Phi) is 5.39. The van der Waals surface area contributed by atoms with Crippen molar-refractivity contribution < 1.29 is 23.9 Å². The molecular formula is C22H22BrN3O5. The number of morpholine rings is 1.